The summed E-state index contributed by atoms with van der Waals surface area (Å²) < 4.78 is 0. The second-order valence-corrected chi connectivity index (χ2v) is 4.37. The van der Waals surface area contributed by atoms with Crippen LogP contribution in [0, 0.1) is 0 Å². The lowest BCUT2D eigenvalue weighted by Crippen LogP contribution is -1.85. The van der Waals surface area contributed by atoms with E-state index in [2.05, 4.69) is 0 Å². The molecular weight excluding hydrogens is 238 g/mol. The van der Waals surface area contributed by atoms with Crippen LogP contribution in [0.15, 0.2) is 0 Å². The molecule has 6 nitrogen and oxygen atoms in total. The van der Waals surface area contributed by atoms with Gasteiger partial charge < -0.3 is 32.1 Å². The minimum Gasteiger partial charge on any atom is -0.870 e. The topological polar surface area (TPSA) is 147 Å². The van der Waals surface area contributed by atoms with Crippen LogP contribution in [0.25, 0.3) is 0 Å². The van der Waals surface area contributed by atoms with Gasteiger partial charge in [-0.2, -0.15) is 0 Å². The van der Waals surface area contributed by atoms with E-state index in [9.17, 15) is 0 Å². The van der Waals surface area contributed by atoms with Crippen LogP contribution in [0.5, 0.6) is 0 Å². The fraction of sp³-hybridized carbons (Fsp3) is 1.00. The van der Waals surface area contributed by atoms with Gasteiger partial charge in [0.05, 0.1) is 0 Å². The van der Waals surface area contributed by atoms with E-state index in [1.807, 2.05) is 0 Å². The van der Waals surface area contributed by atoms with E-state index in [0.29, 0.717) is 0 Å². The first-order valence-corrected chi connectivity index (χ1v) is 5.65. The molecule has 0 radical (unpaired) electrons. The molecule has 0 aliphatic heterocycles. The molecule has 0 saturated carbocycles. The first-order valence-electron chi connectivity index (χ1n) is 5.65. The third-order valence-corrected chi connectivity index (χ3v) is 0. The average molecular weight is 275 g/mol. The van der Waals surface area contributed by atoms with Gasteiger partial charge in [-0.05, 0) is 55.4 Å². The fourth-order valence-electron chi connectivity index (χ4n) is 0. The van der Waals surface area contributed by atoms with Gasteiger partial charge in [-0.3, -0.25) is 0 Å². The molecule has 0 fully saturated rings. The van der Waals surface area contributed by atoms with Gasteiger partial charge in [-0.15, -0.1) is 0 Å². The zero-order chi connectivity index (χ0) is 14.3. The Morgan fingerprint density at radius 1 is 0.444 bits per heavy atom. The van der Waals surface area contributed by atoms with Crippen molar-refractivity contribution < 1.29 is 25.9 Å². The van der Waals surface area contributed by atoms with E-state index >= 15 is 0 Å². The standard InChI is InChI=1S/4C3H8O.H3N.H2O/c4*1-3(2)4;;/h4*3-4H,1-2H3;1H3;1H2. The Morgan fingerprint density at radius 2 is 0.444 bits per heavy atom. The van der Waals surface area contributed by atoms with Crippen LogP contribution in [0.2, 0.25) is 0 Å². The van der Waals surface area contributed by atoms with Crippen molar-refractivity contribution in [3.63, 3.8) is 0 Å². The van der Waals surface area contributed by atoms with E-state index in [0.717, 1.165) is 0 Å². The van der Waals surface area contributed by atoms with Gasteiger partial charge in [-0.1, -0.05) is 0 Å². The number of rotatable bonds is 0. The van der Waals surface area contributed by atoms with Crippen LogP contribution >= 0.6 is 0 Å². The lowest BCUT2D eigenvalue weighted by Gasteiger charge is -1.80. The molecular formula is C12H37NO5. The zero-order valence-corrected chi connectivity index (χ0v) is 13.5. The Hall–Kier alpha value is -0.240. The van der Waals surface area contributed by atoms with Crippen LogP contribution in [-0.4, -0.2) is 50.3 Å². The molecule has 120 valence electrons. The summed E-state index contributed by atoms with van der Waals surface area (Å²) in [5.74, 6) is 0. The SMILES string of the molecule is CC(C)O.CC(C)O.CC(C)O.CC(C)O.[NH4+].[OH-]. The summed E-state index contributed by atoms with van der Waals surface area (Å²) >= 11 is 0. The summed E-state index contributed by atoms with van der Waals surface area (Å²) in [5.41, 5.74) is 0. The van der Waals surface area contributed by atoms with Gasteiger partial charge >= 0.3 is 0 Å². The first-order chi connectivity index (χ1) is 6.93. The minimum absolute atomic E-state index is 0. The summed E-state index contributed by atoms with van der Waals surface area (Å²) in [6, 6.07) is 0. The Balaban J connectivity index is -0.0000000257. The molecule has 0 heterocycles. The number of hydrogen-bond acceptors (Lipinski definition) is 5. The molecule has 18 heavy (non-hydrogen) atoms. The molecule has 0 bridgehead atoms. The van der Waals surface area contributed by atoms with E-state index in [4.69, 9.17) is 20.4 Å². The maximum absolute atomic E-state index is 8.06. The van der Waals surface area contributed by atoms with Gasteiger partial charge in [0, 0.05) is 24.4 Å². The van der Waals surface area contributed by atoms with Gasteiger partial charge in [0.1, 0.15) is 0 Å². The Labute approximate surface area is 113 Å². The second kappa shape index (κ2) is 30.1. The van der Waals surface area contributed by atoms with Crippen molar-refractivity contribution in [2.24, 2.45) is 0 Å². The van der Waals surface area contributed by atoms with Gasteiger partial charge in [0.25, 0.3) is 0 Å². The third-order valence-electron chi connectivity index (χ3n) is 0. The van der Waals surface area contributed by atoms with Crippen molar-refractivity contribution in [1.82, 2.24) is 6.15 Å². The maximum atomic E-state index is 8.06. The molecule has 0 aliphatic rings. The first kappa shape index (κ1) is 36.1. The van der Waals surface area contributed by atoms with Crippen LogP contribution < -0.4 is 6.15 Å². The van der Waals surface area contributed by atoms with Crippen LogP contribution in [0.1, 0.15) is 55.4 Å². The lowest BCUT2D eigenvalue weighted by atomic mass is 10.5. The molecule has 0 saturated heterocycles. The molecule has 0 rings (SSSR count). The highest BCUT2D eigenvalue weighted by atomic mass is 16.3. The number of quaternary nitrogens is 1. The van der Waals surface area contributed by atoms with Crippen molar-refractivity contribution in [2.75, 3.05) is 0 Å². The molecule has 6 heteroatoms. The van der Waals surface area contributed by atoms with Crippen LogP contribution in [-0.2, 0) is 0 Å². The van der Waals surface area contributed by atoms with Crippen molar-refractivity contribution in [2.45, 2.75) is 79.8 Å². The molecule has 9 N–H and O–H groups in total. The van der Waals surface area contributed by atoms with Crippen LogP contribution in [0.3, 0.4) is 0 Å². The summed E-state index contributed by atoms with van der Waals surface area (Å²) in [6.45, 7) is 13.8. The lowest BCUT2D eigenvalue weighted by molar-refractivity contribution is 0.215. The summed E-state index contributed by atoms with van der Waals surface area (Å²) in [4.78, 5) is 0. The molecule has 0 aromatic rings. The summed E-state index contributed by atoms with van der Waals surface area (Å²) in [6.07, 6.45) is -0.667. The normalized spacial score (nSPS) is 8.00. The van der Waals surface area contributed by atoms with E-state index in [-0.39, 0.29) is 36.0 Å². The highest BCUT2D eigenvalue weighted by Gasteiger charge is 1.70. The molecule has 0 amide bonds. The zero-order valence-electron chi connectivity index (χ0n) is 13.5. The Kier molecular flexibility index (Phi) is 60.3. The van der Waals surface area contributed by atoms with Crippen LogP contribution in [0.4, 0.5) is 0 Å². The Morgan fingerprint density at radius 3 is 0.444 bits per heavy atom. The quantitative estimate of drug-likeness (QED) is 0.456. The predicted octanol–water partition coefficient (Wildman–Crippen LogP) is 1.75. The van der Waals surface area contributed by atoms with Gasteiger partial charge in [0.15, 0.2) is 0 Å². The van der Waals surface area contributed by atoms with Crippen molar-refractivity contribution in [3.8, 4) is 0 Å². The largest absolute Gasteiger partial charge is 0.870 e. The fourth-order valence-corrected chi connectivity index (χ4v) is 0. The van der Waals surface area contributed by atoms with E-state index in [1.165, 1.54) is 0 Å². The molecule has 0 spiro atoms. The minimum atomic E-state index is -0.167. The molecule has 0 aromatic carbocycles. The number of aliphatic hydroxyl groups excluding tert-OH is 4. The van der Waals surface area contributed by atoms with Crippen molar-refractivity contribution in [1.29, 1.82) is 0 Å². The van der Waals surface area contributed by atoms with E-state index in [1.54, 1.807) is 55.4 Å². The van der Waals surface area contributed by atoms with Crippen molar-refractivity contribution >= 4 is 0 Å². The monoisotopic (exact) mass is 275 g/mol. The number of aliphatic hydroxyl groups is 4. The van der Waals surface area contributed by atoms with E-state index < -0.39 is 0 Å². The average Bonchev–Trinajstić information content (AvgIpc) is 1.76. The van der Waals surface area contributed by atoms with Gasteiger partial charge in [0.2, 0.25) is 0 Å². The molecule has 0 atom stereocenters. The predicted molar refractivity (Wildman–Crippen MR) is 77.3 cm³/mol. The van der Waals surface area contributed by atoms with Crippen molar-refractivity contribution in [3.05, 3.63) is 0 Å². The number of hydrogen-bond donors (Lipinski definition) is 5. The Bertz CT molecular complexity index is 63.4. The molecule has 0 aliphatic carbocycles. The smallest absolute Gasteiger partial charge is 0.0483 e. The van der Waals surface area contributed by atoms with Gasteiger partial charge in [-0.25, -0.2) is 0 Å². The molecule has 0 aromatic heterocycles. The highest BCUT2D eigenvalue weighted by Crippen LogP contribution is 1.66. The summed E-state index contributed by atoms with van der Waals surface area (Å²) in [5, 5.41) is 32.2. The maximum Gasteiger partial charge on any atom is 0.0483 e. The summed E-state index contributed by atoms with van der Waals surface area (Å²) in [7, 11) is 0. The molecule has 0 unspecified atom stereocenters. The third kappa shape index (κ3) is 59600. The second-order valence-electron chi connectivity index (χ2n) is 4.37. The highest BCUT2D eigenvalue weighted by molar-refractivity contribution is 4.21.